The van der Waals surface area contributed by atoms with Crippen molar-refractivity contribution in [3.63, 3.8) is 0 Å². The lowest BCUT2D eigenvalue weighted by Gasteiger charge is -2.23. The standard InChI is InChI=1S/C16H20N6S/c1-2-14-19-15-6-5-12(10-22(15)21-14)17-8-11-9-18-20-16(11)13-4-3-7-23-13/h3-4,7,9,12,17H,2,5-6,8,10H2,1H3,(H,18,20)/t12-/m0/s1. The van der Waals surface area contributed by atoms with E-state index in [0.717, 1.165) is 49.7 Å². The van der Waals surface area contributed by atoms with Crippen molar-refractivity contribution in [1.82, 2.24) is 30.3 Å². The molecule has 1 atom stereocenters. The number of nitrogens with zero attached hydrogens (tertiary/aromatic N) is 4. The Labute approximate surface area is 139 Å². The van der Waals surface area contributed by atoms with Gasteiger partial charge in [-0.1, -0.05) is 13.0 Å². The lowest BCUT2D eigenvalue weighted by atomic mass is 10.1. The van der Waals surface area contributed by atoms with Gasteiger partial charge in [-0.3, -0.25) is 5.10 Å². The molecule has 0 fully saturated rings. The average molecular weight is 328 g/mol. The summed E-state index contributed by atoms with van der Waals surface area (Å²) >= 11 is 1.73. The lowest BCUT2D eigenvalue weighted by molar-refractivity contribution is 0.357. The SMILES string of the molecule is CCc1nc2n(n1)C[C@@H](NCc1cn[nH]c1-c1cccs1)CC2. The summed E-state index contributed by atoms with van der Waals surface area (Å²) in [6.07, 6.45) is 4.92. The highest BCUT2D eigenvalue weighted by Gasteiger charge is 2.21. The van der Waals surface area contributed by atoms with Crippen LogP contribution in [0.1, 0.15) is 30.6 Å². The zero-order valence-corrected chi connectivity index (χ0v) is 13.9. The number of aromatic nitrogens is 5. The molecule has 3 aromatic rings. The van der Waals surface area contributed by atoms with Crippen LogP contribution in [0.25, 0.3) is 10.6 Å². The smallest absolute Gasteiger partial charge is 0.150 e. The third-order valence-corrected chi connectivity index (χ3v) is 5.17. The van der Waals surface area contributed by atoms with E-state index in [4.69, 9.17) is 0 Å². The van der Waals surface area contributed by atoms with Crippen molar-refractivity contribution >= 4 is 11.3 Å². The van der Waals surface area contributed by atoms with Crippen LogP contribution in [-0.4, -0.2) is 31.0 Å². The topological polar surface area (TPSA) is 71.4 Å². The van der Waals surface area contributed by atoms with E-state index in [0.29, 0.717) is 6.04 Å². The molecule has 7 heteroatoms. The maximum Gasteiger partial charge on any atom is 0.150 e. The van der Waals surface area contributed by atoms with Crippen molar-refractivity contribution < 1.29 is 0 Å². The van der Waals surface area contributed by atoms with Crippen molar-refractivity contribution in [3.8, 4) is 10.6 Å². The summed E-state index contributed by atoms with van der Waals surface area (Å²) in [6.45, 7) is 3.82. The zero-order valence-electron chi connectivity index (χ0n) is 13.1. The molecule has 6 nitrogen and oxygen atoms in total. The first-order valence-electron chi connectivity index (χ1n) is 8.05. The number of aryl methyl sites for hydroxylation is 2. The summed E-state index contributed by atoms with van der Waals surface area (Å²) in [4.78, 5) is 5.80. The molecule has 0 unspecified atom stereocenters. The predicted octanol–water partition coefficient (Wildman–Crippen LogP) is 2.40. The van der Waals surface area contributed by atoms with Crippen LogP contribution in [0.2, 0.25) is 0 Å². The highest BCUT2D eigenvalue weighted by atomic mass is 32.1. The van der Waals surface area contributed by atoms with Crippen LogP contribution >= 0.6 is 11.3 Å². The van der Waals surface area contributed by atoms with Crippen molar-refractivity contribution in [2.24, 2.45) is 0 Å². The second-order valence-corrected chi connectivity index (χ2v) is 6.79. The van der Waals surface area contributed by atoms with Gasteiger partial charge in [0, 0.05) is 31.0 Å². The highest BCUT2D eigenvalue weighted by Crippen LogP contribution is 2.26. The molecule has 0 saturated heterocycles. The molecule has 0 saturated carbocycles. The van der Waals surface area contributed by atoms with Gasteiger partial charge in [0.05, 0.1) is 23.3 Å². The van der Waals surface area contributed by atoms with Crippen molar-refractivity contribution in [3.05, 3.63) is 40.9 Å². The lowest BCUT2D eigenvalue weighted by Crippen LogP contribution is -2.37. The third-order valence-electron chi connectivity index (χ3n) is 4.28. The Hall–Kier alpha value is -1.99. The van der Waals surface area contributed by atoms with Crippen molar-refractivity contribution in [2.75, 3.05) is 0 Å². The monoisotopic (exact) mass is 328 g/mol. The molecule has 4 rings (SSSR count). The summed E-state index contributed by atoms with van der Waals surface area (Å²) in [5.74, 6) is 2.08. The number of nitrogens with one attached hydrogen (secondary N) is 2. The van der Waals surface area contributed by atoms with Gasteiger partial charge in [0.2, 0.25) is 0 Å². The molecule has 23 heavy (non-hydrogen) atoms. The summed E-state index contributed by atoms with van der Waals surface area (Å²) in [7, 11) is 0. The molecule has 1 aliphatic rings. The molecule has 0 spiro atoms. The summed E-state index contributed by atoms with van der Waals surface area (Å²) in [5.41, 5.74) is 2.34. The van der Waals surface area contributed by atoms with E-state index in [2.05, 4.69) is 54.7 Å². The predicted molar refractivity (Wildman–Crippen MR) is 90.2 cm³/mol. The Morgan fingerprint density at radius 1 is 1.48 bits per heavy atom. The van der Waals surface area contributed by atoms with Crippen molar-refractivity contribution in [2.45, 2.75) is 45.3 Å². The minimum Gasteiger partial charge on any atom is -0.308 e. The van der Waals surface area contributed by atoms with Crippen LogP contribution in [0.15, 0.2) is 23.7 Å². The third kappa shape index (κ3) is 2.94. The summed E-state index contributed by atoms with van der Waals surface area (Å²) in [6, 6.07) is 4.62. The van der Waals surface area contributed by atoms with Crippen LogP contribution in [0.5, 0.6) is 0 Å². The van der Waals surface area contributed by atoms with E-state index < -0.39 is 0 Å². The van der Waals surface area contributed by atoms with E-state index in [1.54, 1.807) is 11.3 Å². The first-order chi connectivity index (χ1) is 11.3. The normalized spacial score (nSPS) is 17.3. The molecule has 1 aliphatic heterocycles. The maximum atomic E-state index is 4.57. The molecule has 120 valence electrons. The van der Waals surface area contributed by atoms with E-state index in [-0.39, 0.29) is 0 Å². The fourth-order valence-electron chi connectivity index (χ4n) is 3.01. The number of hydrogen-bond donors (Lipinski definition) is 2. The first kappa shape index (κ1) is 14.6. The van der Waals surface area contributed by atoms with Gasteiger partial charge in [-0.05, 0) is 17.9 Å². The Bertz CT molecular complexity index is 772. The van der Waals surface area contributed by atoms with Gasteiger partial charge in [0.25, 0.3) is 0 Å². The minimum atomic E-state index is 0.431. The van der Waals surface area contributed by atoms with E-state index in [9.17, 15) is 0 Å². The molecule has 4 heterocycles. The molecule has 0 bridgehead atoms. The van der Waals surface area contributed by atoms with E-state index in [1.807, 2.05) is 6.20 Å². The largest absolute Gasteiger partial charge is 0.308 e. The molecular weight excluding hydrogens is 308 g/mol. The number of aromatic amines is 1. The van der Waals surface area contributed by atoms with Crippen LogP contribution < -0.4 is 5.32 Å². The Balaban J connectivity index is 1.42. The summed E-state index contributed by atoms with van der Waals surface area (Å²) < 4.78 is 2.07. The van der Waals surface area contributed by atoms with Gasteiger partial charge in [0.1, 0.15) is 5.82 Å². The van der Waals surface area contributed by atoms with E-state index in [1.165, 1.54) is 10.4 Å². The number of thiophene rings is 1. The van der Waals surface area contributed by atoms with Gasteiger partial charge < -0.3 is 5.32 Å². The fraction of sp³-hybridized carbons (Fsp3) is 0.438. The fourth-order valence-corrected chi connectivity index (χ4v) is 3.77. The minimum absolute atomic E-state index is 0.431. The molecule has 2 N–H and O–H groups in total. The molecule has 0 aromatic carbocycles. The van der Waals surface area contributed by atoms with Crippen LogP contribution in [-0.2, 0) is 25.9 Å². The first-order valence-corrected chi connectivity index (χ1v) is 8.93. The van der Waals surface area contributed by atoms with Crippen LogP contribution in [0.3, 0.4) is 0 Å². The highest BCUT2D eigenvalue weighted by molar-refractivity contribution is 7.13. The van der Waals surface area contributed by atoms with Gasteiger partial charge in [-0.15, -0.1) is 11.3 Å². The van der Waals surface area contributed by atoms with Gasteiger partial charge in [-0.2, -0.15) is 10.2 Å². The Morgan fingerprint density at radius 3 is 3.26 bits per heavy atom. The van der Waals surface area contributed by atoms with Crippen LogP contribution in [0, 0.1) is 0 Å². The van der Waals surface area contributed by atoms with Gasteiger partial charge in [0.15, 0.2) is 5.82 Å². The Morgan fingerprint density at radius 2 is 2.43 bits per heavy atom. The van der Waals surface area contributed by atoms with Gasteiger partial charge >= 0.3 is 0 Å². The molecule has 0 radical (unpaired) electrons. The number of H-pyrrole nitrogens is 1. The second kappa shape index (κ2) is 6.25. The maximum absolute atomic E-state index is 4.57. The van der Waals surface area contributed by atoms with Gasteiger partial charge in [-0.25, -0.2) is 9.67 Å². The molecule has 0 amide bonds. The number of hydrogen-bond acceptors (Lipinski definition) is 5. The second-order valence-electron chi connectivity index (χ2n) is 5.84. The van der Waals surface area contributed by atoms with Crippen molar-refractivity contribution in [1.29, 1.82) is 0 Å². The zero-order chi connectivity index (χ0) is 15.6. The quantitative estimate of drug-likeness (QED) is 0.754. The molecule has 0 aliphatic carbocycles. The van der Waals surface area contributed by atoms with E-state index >= 15 is 0 Å². The summed E-state index contributed by atoms with van der Waals surface area (Å²) in [5, 5.41) is 17.6. The molecular formula is C16H20N6S. The number of fused-ring (bicyclic) bond motifs is 1. The number of rotatable bonds is 5. The average Bonchev–Trinajstić information content (AvgIpc) is 3.30. The molecule has 3 aromatic heterocycles. The Kier molecular flexibility index (Phi) is 3.97. The van der Waals surface area contributed by atoms with Crippen LogP contribution in [0.4, 0.5) is 0 Å².